The second-order valence-electron chi connectivity index (χ2n) is 4.55. The lowest BCUT2D eigenvalue weighted by atomic mass is 10.2. The smallest absolute Gasteiger partial charge is 0.243 e. The van der Waals surface area contributed by atoms with E-state index in [-0.39, 0.29) is 4.75 Å². The molecule has 0 atom stereocenters. The fraction of sp³-hybridized carbons (Fsp3) is 0.750. The number of nitrogens with one attached hydrogen (secondary N) is 1. The highest BCUT2D eigenvalue weighted by molar-refractivity contribution is 7.99. The van der Waals surface area contributed by atoms with Crippen LogP contribution in [-0.2, 0) is 12.8 Å². The minimum absolute atomic E-state index is 0.180. The van der Waals surface area contributed by atoms with Crippen LogP contribution in [0.3, 0.4) is 0 Å². The van der Waals surface area contributed by atoms with Crippen molar-refractivity contribution in [1.29, 1.82) is 0 Å². The van der Waals surface area contributed by atoms with Crippen molar-refractivity contribution in [2.24, 2.45) is 0 Å². The summed E-state index contributed by atoms with van der Waals surface area (Å²) in [5.41, 5.74) is 2.05. The maximum atomic E-state index is 4.51. The van der Waals surface area contributed by atoms with Gasteiger partial charge < -0.3 is 5.32 Å². The van der Waals surface area contributed by atoms with Gasteiger partial charge in [-0.15, -0.1) is 5.10 Å². The Hall–Kier alpha value is -0.840. The third-order valence-electron chi connectivity index (χ3n) is 2.73. The molecule has 0 aliphatic carbocycles. The first-order chi connectivity index (χ1) is 8.02. The Morgan fingerprint density at radius 1 is 1.12 bits per heavy atom. The lowest BCUT2D eigenvalue weighted by Crippen LogP contribution is -2.27. The first-order valence-corrected chi connectivity index (χ1v) is 7.26. The zero-order valence-corrected chi connectivity index (χ0v) is 12.2. The molecule has 0 aromatic carbocycles. The molecule has 0 amide bonds. The van der Waals surface area contributed by atoms with Crippen molar-refractivity contribution >= 4 is 17.7 Å². The van der Waals surface area contributed by atoms with Crippen molar-refractivity contribution in [1.82, 2.24) is 15.2 Å². The molecule has 1 aromatic rings. The molecular weight excluding hydrogens is 232 g/mol. The fourth-order valence-electron chi connectivity index (χ4n) is 1.38. The third-order valence-corrected chi connectivity index (χ3v) is 3.98. The van der Waals surface area contributed by atoms with Gasteiger partial charge in [0, 0.05) is 11.3 Å². The molecule has 0 fully saturated rings. The van der Waals surface area contributed by atoms with Crippen LogP contribution in [0.5, 0.6) is 0 Å². The topological polar surface area (TPSA) is 50.7 Å². The number of hydrogen-bond acceptors (Lipinski definition) is 5. The number of anilines is 1. The molecule has 0 saturated heterocycles. The summed E-state index contributed by atoms with van der Waals surface area (Å²) in [7, 11) is 0. The molecule has 0 aliphatic heterocycles. The molecule has 17 heavy (non-hydrogen) atoms. The van der Waals surface area contributed by atoms with Crippen LogP contribution >= 0.6 is 11.8 Å². The maximum Gasteiger partial charge on any atom is 0.243 e. The molecule has 96 valence electrons. The summed E-state index contributed by atoms with van der Waals surface area (Å²) in [5, 5.41) is 11.6. The first-order valence-electron chi connectivity index (χ1n) is 6.04. The van der Waals surface area contributed by atoms with E-state index in [2.05, 4.69) is 54.4 Å². The van der Waals surface area contributed by atoms with Crippen LogP contribution in [0.15, 0.2) is 0 Å². The van der Waals surface area contributed by atoms with Crippen LogP contribution in [0.25, 0.3) is 0 Å². The Labute approximate surface area is 108 Å². The van der Waals surface area contributed by atoms with Crippen LogP contribution in [0.1, 0.15) is 39.1 Å². The molecule has 5 heteroatoms. The van der Waals surface area contributed by atoms with Crippen LogP contribution in [0, 0.1) is 0 Å². The van der Waals surface area contributed by atoms with Gasteiger partial charge in [0.2, 0.25) is 5.95 Å². The molecule has 1 heterocycles. The summed E-state index contributed by atoms with van der Waals surface area (Å²) in [5.74, 6) is 0.640. The Bertz CT molecular complexity index is 366. The first kappa shape index (κ1) is 14.2. The standard InChI is InChI=1S/C12H22N4S/c1-6-9-10(7-2)15-16-11(14-9)13-8-12(3,4)17-5/h6-8H2,1-5H3,(H,13,14,16). The van der Waals surface area contributed by atoms with Crippen LogP contribution < -0.4 is 5.32 Å². The van der Waals surface area contributed by atoms with Crippen molar-refractivity contribution in [3.05, 3.63) is 11.4 Å². The monoisotopic (exact) mass is 254 g/mol. The molecular formula is C12H22N4S. The van der Waals surface area contributed by atoms with Gasteiger partial charge >= 0.3 is 0 Å². The third kappa shape index (κ3) is 4.15. The lowest BCUT2D eigenvalue weighted by Gasteiger charge is -2.22. The summed E-state index contributed by atoms with van der Waals surface area (Å²) >= 11 is 1.83. The van der Waals surface area contributed by atoms with E-state index >= 15 is 0 Å². The van der Waals surface area contributed by atoms with Gasteiger partial charge in [-0.2, -0.15) is 16.9 Å². The van der Waals surface area contributed by atoms with E-state index in [1.54, 1.807) is 0 Å². The van der Waals surface area contributed by atoms with E-state index in [4.69, 9.17) is 0 Å². The van der Waals surface area contributed by atoms with Gasteiger partial charge in [0.25, 0.3) is 0 Å². The molecule has 0 saturated carbocycles. The highest BCUT2D eigenvalue weighted by Gasteiger charge is 2.16. The van der Waals surface area contributed by atoms with Gasteiger partial charge in [-0.05, 0) is 32.9 Å². The van der Waals surface area contributed by atoms with Gasteiger partial charge in [-0.1, -0.05) is 13.8 Å². The molecule has 0 spiro atoms. The van der Waals surface area contributed by atoms with Crippen LogP contribution in [0.4, 0.5) is 5.95 Å². The number of hydrogen-bond donors (Lipinski definition) is 1. The molecule has 4 nitrogen and oxygen atoms in total. The number of aryl methyl sites for hydroxylation is 2. The molecule has 1 aromatic heterocycles. The van der Waals surface area contributed by atoms with Gasteiger partial charge in [-0.25, -0.2) is 4.98 Å². The average Bonchev–Trinajstić information content (AvgIpc) is 2.36. The van der Waals surface area contributed by atoms with Crippen molar-refractivity contribution in [3.8, 4) is 0 Å². The summed E-state index contributed by atoms with van der Waals surface area (Å²) < 4.78 is 0.180. The van der Waals surface area contributed by atoms with E-state index in [1.165, 1.54) is 0 Å². The van der Waals surface area contributed by atoms with Crippen molar-refractivity contribution in [2.45, 2.75) is 45.3 Å². The van der Waals surface area contributed by atoms with Crippen molar-refractivity contribution in [3.63, 3.8) is 0 Å². The van der Waals surface area contributed by atoms with E-state index in [1.807, 2.05) is 11.8 Å². The average molecular weight is 254 g/mol. The molecule has 1 N–H and O–H groups in total. The minimum Gasteiger partial charge on any atom is -0.352 e. The van der Waals surface area contributed by atoms with E-state index < -0.39 is 0 Å². The maximum absolute atomic E-state index is 4.51. The number of aromatic nitrogens is 3. The predicted octanol–water partition coefficient (Wildman–Crippen LogP) is 2.55. The van der Waals surface area contributed by atoms with Crippen LogP contribution in [0.2, 0.25) is 0 Å². The van der Waals surface area contributed by atoms with Gasteiger partial charge in [0.1, 0.15) is 0 Å². The Morgan fingerprint density at radius 2 is 1.76 bits per heavy atom. The summed E-state index contributed by atoms with van der Waals surface area (Å²) in [6.45, 7) is 9.40. The molecule has 0 aliphatic rings. The van der Waals surface area contributed by atoms with E-state index in [0.717, 1.165) is 30.8 Å². The lowest BCUT2D eigenvalue weighted by molar-refractivity contribution is 0.736. The Morgan fingerprint density at radius 3 is 2.29 bits per heavy atom. The molecule has 0 bridgehead atoms. The fourth-order valence-corrected chi connectivity index (χ4v) is 1.59. The van der Waals surface area contributed by atoms with E-state index in [0.29, 0.717) is 5.95 Å². The van der Waals surface area contributed by atoms with Gasteiger partial charge in [0.15, 0.2) is 0 Å². The number of thioether (sulfide) groups is 1. The Kier molecular flexibility index (Phi) is 5.18. The summed E-state index contributed by atoms with van der Waals surface area (Å²) in [6, 6.07) is 0. The van der Waals surface area contributed by atoms with Gasteiger partial charge in [0.05, 0.1) is 11.4 Å². The second kappa shape index (κ2) is 6.19. The highest BCUT2D eigenvalue weighted by atomic mass is 32.2. The molecule has 0 unspecified atom stereocenters. The SMILES string of the molecule is CCc1nnc(NCC(C)(C)SC)nc1CC. The summed E-state index contributed by atoms with van der Waals surface area (Å²) in [4.78, 5) is 4.51. The zero-order valence-electron chi connectivity index (χ0n) is 11.4. The highest BCUT2D eigenvalue weighted by Crippen LogP contribution is 2.21. The zero-order chi connectivity index (χ0) is 12.9. The predicted molar refractivity (Wildman–Crippen MR) is 74.7 cm³/mol. The molecule has 0 radical (unpaired) electrons. The number of rotatable bonds is 6. The largest absolute Gasteiger partial charge is 0.352 e. The summed E-state index contributed by atoms with van der Waals surface area (Å²) in [6.07, 6.45) is 3.90. The van der Waals surface area contributed by atoms with Crippen molar-refractivity contribution < 1.29 is 0 Å². The van der Waals surface area contributed by atoms with Crippen molar-refractivity contribution in [2.75, 3.05) is 18.1 Å². The number of nitrogens with zero attached hydrogens (tertiary/aromatic N) is 3. The normalized spacial score (nSPS) is 11.6. The molecule has 1 rings (SSSR count). The van der Waals surface area contributed by atoms with Crippen LogP contribution in [-0.4, -0.2) is 32.7 Å². The quantitative estimate of drug-likeness (QED) is 0.845. The van der Waals surface area contributed by atoms with Gasteiger partial charge in [-0.3, -0.25) is 0 Å². The van der Waals surface area contributed by atoms with E-state index in [9.17, 15) is 0 Å². The Balaban J connectivity index is 2.73. The second-order valence-corrected chi connectivity index (χ2v) is 6.07. The minimum atomic E-state index is 0.180.